The topological polar surface area (TPSA) is 54.8 Å². The molecule has 38 heavy (non-hydrogen) atoms. The van der Waals surface area contributed by atoms with E-state index in [0.717, 1.165) is 59.8 Å². The molecule has 2 heterocycles. The minimum Gasteiger partial charge on any atom is -0.466 e. The van der Waals surface area contributed by atoms with Crippen LogP contribution < -0.4 is 4.90 Å². The van der Waals surface area contributed by atoms with E-state index in [1.54, 1.807) is 0 Å². The van der Waals surface area contributed by atoms with Crippen LogP contribution in [-0.2, 0) is 22.5 Å². The molecule has 1 aliphatic heterocycles. The summed E-state index contributed by atoms with van der Waals surface area (Å²) in [6.07, 6.45) is 3.94. The van der Waals surface area contributed by atoms with Crippen LogP contribution in [0.25, 0.3) is 0 Å². The Morgan fingerprint density at radius 2 is 1.58 bits per heavy atom. The van der Waals surface area contributed by atoms with Crippen LogP contribution in [0.2, 0.25) is 0 Å². The first-order valence-electron chi connectivity index (χ1n) is 13.3. The van der Waals surface area contributed by atoms with Gasteiger partial charge in [0.15, 0.2) is 0 Å². The Bertz CT molecular complexity index is 1330. The summed E-state index contributed by atoms with van der Waals surface area (Å²) in [5, 5.41) is 0. The Balaban J connectivity index is 1.48. The normalized spacial score (nSPS) is 14.4. The number of benzene rings is 3. The number of carbonyl (C=O) groups is 1. The monoisotopic (exact) mass is 503 g/mol. The van der Waals surface area contributed by atoms with Crippen molar-refractivity contribution in [1.82, 2.24) is 4.98 Å². The summed E-state index contributed by atoms with van der Waals surface area (Å²) < 4.78 is 5.17. The second kappa shape index (κ2) is 12.3. The van der Waals surface area contributed by atoms with Crippen LogP contribution in [0.3, 0.4) is 0 Å². The van der Waals surface area contributed by atoms with Crippen LogP contribution in [-0.4, -0.2) is 29.8 Å². The smallest absolute Gasteiger partial charge is 0.305 e. The maximum atomic E-state index is 12.0. The van der Waals surface area contributed by atoms with Crippen LogP contribution in [0, 0.1) is 5.92 Å². The molecule has 0 bridgehead atoms. The summed E-state index contributed by atoms with van der Waals surface area (Å²) in [6.45, 7) is 3.91. The van der Waals surface area contributed by atoms with Gasteiger partial charge in [-0.05, 0) is 37.3 Å². The molecule has 5 nitrogen and oxygen atoms in total. The molecular formula is C33H33N3O2. The van der Waals surface area contributed by atoms with Gasteiger partial charge in [-0.25, -0.2) is 4.99 Å². The van der Waals surface area contributed by atoms with Gasteiger partial charge in [0.2, 0.25) is 0 Å². The fourth-order valence-electron chi connectivity index (χ4n) is 5.03. The highest BCUT2D eigenvalue weighted by molar-refractivity contribution is 6.13. The molecule has 1 aliphatic rings. The zero-order valence-corrected chi connectivity index (χ0v) is 21.8. The number of anilines is 1. The van der Waals surface area contributed by atoms with Crippen molar-refractivity contribution in [1.29, 1.82) is 0 Å². The van der Waals surface area contributed by atoms with Crippen LogP contribution in [0.1, 0.15) is 42.1 Å². The quantitative estimate of drug-likeness (QED) is 0.187. The molecule has 1 unspecified atom stereocenters. The van der Waals surface area contributed by atoms with E-state index in [0.29, 0.717) is 18.9 Å². The van der Waals surface area contributed by atoms with Gasteiger partial charge in [-0.15, -0.1) is 0 Å². The number of ether oxygens (including phenoxy) is 1. The number of aromatic nitrogens is 1. The van der Waals surface area contributed by atoms with Gasteiger partial charge >= 0.3 is 5.97 Å². The number of esters is 1. The second-order valence-electron chi connectivity index (χ2n) is 9.63. The van der Waals surface area contributed by atoms with Crippen LogP contribution in [0.4, 0.5) is 11.4 Å². The van der Waals surface area contributed by atoms with Gasteiger partial charge in [0.1, 0.15) is 0 Å². The van der Waals surface area contributed by atoms with Crippen molar-refractivity contribution in [3.8, 4) is 0 Å². The highest BCUT2D eigenvalue weighted by Gasteiger charge is 2.27. The van der Waals surface area contributed by atoms with Crippen molar-refractivity contribution in [2.24, 2.45) is 10.9 Å². The lowest BCUT2D eigenvalue weighted by atomic mass is 9.91. The zero-order valence-electron chi connectivity index (χ0n) is 21.8. The number of nitrogens with zero attached hydrogens (tertiary/aromatic N) is 3. The third-order valence-corrected chi connectivity index (χ3v) is 6.85. The Morgan fingerprint density at radius 3 is 2.21 bits per heavy atom. The largest absolute Gasteiger partial charge is 0.466 e. The summed E-state index contributed by atoms with van der Waals surface area (Å²) in [5.41, 5.74) is 7.30. The minimum atomic E-state index is -0.125. The number of fused-ring (bicyclic) bond motifs is 1. The van der Waals surface area contributed by atoms with Crippen molar-refractivity contribution >= 4 is 23.1 Å². The molecule has 3 aromatic carbocycles. The van der Waals surface area contributed by atoms with Gasteiger partial charge in [0.05, 0.1) is 35.6 Å². The molecule has 5 rings (SSSR count). The first kappa shape index (κ1) is 25.4. The van der Waals surface area contributed by atoms with E-state index in [1.807, 2.05) is 55.6 Å². The molecule has 5 heteroatoms. The lowest BCUT2D eigenvalue weighted by Crippen LogP contribution is -2.35. The van der Waals surface area contributed by atoms with E-state index in [-0.39, 0.29) is 5.97 Å². The number of hydrogen-bond donors (Lipinski definition) is 0. The Hall–Kier alpha value is -4.25. The van der Waals surface area contributed by atoms with Crippen molar-refractivity contribution in [3.63, 3.8) is 0 Å². The van der Waals surface area contributed by atoms with E-state index in [9.17, 15) is 4.79 Å². The SMILES string of the molecule is CCOC(=O)CCC1Cc2ncc(N=C(c3ccccc3)c3ccccc3)cc2N(Cc2ccccc2)C1. The molecule has 0 amide bonds. The highest BCUT2D eigenvalue weighted by Crippen LogP contribution is 2.34. The van der Waals surface area contributed by atoms with Crippen LogP contribution in [0.5, 0.6) is 0 Å². The molecule has 1 atom stereocenters. The highest BCUT2D eigenvalue weighted by atomic mass is 16.5. The van der Waals surface area contributed by atoms with Gasteiger partial charge in [-0.3, -0.25) is 9.78 Å². The number of pyridine rings is 1. The van der Waals surface area contributed by atoms with Gasteiger partial charge in [-0.1, -0.05) is 91.0 Å². The third-order valence-electron chi connectivity index (χ3n) is 6.85. The maximum absolute atomic E-state index is 12.0. The zero-order chi connectivity index (χ0) is 26.2. The van der Waals surface area contributed by atoms with Gasteiger partial charge in [0.25, 0.3) is 0 Å². The predicted octanol–water partition coefficient (Wildman–Crippen LogP) is 6.77. The summed E-state index contributed by atoms with van der Waals surface area (Å²) in [5.74, 6) is 0.210. The molecule has 0 saturated heterocycles. The van der Waals surface area contributed by atoms with Gasteiger partial charge in [-0.2, -0.15) is 0 Å². The minimum absolute atomic E-state index is 0.125. The molecule has 0 radical (unpaired) electrons. The summed E-state index contributed by atoms with van der Waals surface area (Å²) in [4.78, 5) is 24.4. The first-order chi connectivity index (χ1) is 18.7. The number of rotatable bonds is 9. The Labute approximate surface area is 224 Å². The third kappa shape index (κ3) is 6.35. The molecule has 192 valence electrons. The van der Waals surface area contributed by atoms with Gasteiger partial charge in [0, 0.05) is 30.6 Å². The second-order valence-corrected chi connectivity index (χ2v) is 9.63. The molecular weight excluding hydrogens is 470 g/mol. The van der Waals surface area contributed by atoms with Crippen molar-refractivity contribution in [2.45, 2.75) is 32.7 Å². The fraction of sp³-hybridized carbons (Fsp3) is 0.242. The average molecular weight is 504 g/mol. The lowest BCUT2D eigenvalue weighted by molar-refractivity contribution is -0.143. The molecule has 0 saturated carbocycles. The molecule has 0 aliphatic carbocycles. The van der Waals surface area contributed by atoms with Crippen molar-refractivity contribution in [2.75, 3.05) is 18.1 Å². The molecule has 0 fully saturated rings. The molecule has 0 spiro atoms. The molecule has 1 aromatic heterocycles. The molecule has 4 aromatic rings. The average Bonchev–Trinajstić information content (AvgIpc) is 2.96. The van der Waals surface area contributed by atoms with E-state index in [2.05, 4.69) is 59.5 Å². The summed E-state index contributed by atoms with van der Waals surface area (Å²) in [6, 6.07) is 33.2. The number of aliphatic imine (C=N–C) groups is 1. The van der Waals surface area contributed by atoms with E-state index in [1.165, 1.54) is 5.56 Å². The Morgan fingerprint density at radius 1 is 0.947 bits per heavy atom. The van der Waals surface area contributed by atoms with E-state index >= 15 is 0 Å². The Kier molecular flexibility index (Phi) is 8.24. The number of hydrogen-bond acceptors (Lipinski definition) is 5. The van der Waals surface area contributed by atoms with E-state index in [4.69, 9.17) is 14.7 Å². The van der Waals surface area contributed by atoms with Gasteiger partial charge < -0.3 is 9.64 Å². The lowest BCUT2D eigenvalue weighted by Gasteiger charge is -2.35. The van der Waals surface area contributed by atoms with Crippen LogP contribution >= 0.6 is 0 Å². The molecule has 0 N–H and O–H groups in total. The van der Waals surface area contributed by atoms with E-state index < -0.39 is 0 Å². The summed E-state index contributed by atoms with van der Waals surface area (Å²) in [7, 11) is 0. The van der Waals surface area contributed by atoms with Crippen molar-refractivity contribution in [3.05, 3.63) is 126 Å². The maximum Gasteiger partial charge on any atom is 0.305 e. The standard InChI is InChI=1S/C33H33N3O2/c1-2-38-32(37)19-18-26-20-30-31(36(24-26)23-25-12-6-3-7-13-25)21-29(22-34-30)35-33(27-14-8-4-9-15-27)28-16-10-5-11-17-28/h3-17,21-22,26H,2,18-20,23-24H2,1H3. The summed E-state index contributed by atoms with van der Waals surface area (Å²) >= 11 is 0. The van der Waals surface area contributed by atoms with Crippen LogP contribution in [0.15, 0.2) is 108 Å². The number of carbonyl (C=O) groups excluding carboxylic acids is 1. The first-order valence-corrected chi connectivity index (χ1v) is 13.3. The fourth-order valence-corrected chi connectivity index (χ4v) is 5.03. The predicted molar refractivity (Wildman–Crippen MR) is 153 cm³/mol. The van der Waals surface area contributed by atoms with Crippen molar-refractivity contribution < 1.29 is 9.53 Å².